The summed E-state index contributed by atoms with van der Waals surface area (Å²) in [6.45, 7) is 15.7. The van der Waals surface area contributed by atoms with Crippen molar-refractivity contribution in [3.63, 3.8) is 0 Å². The first-order chi connectivity index (χ1) is 8.93. The van der Waals surface area contributed by atoms with Crippen LogP contribution in [0.1, 0.15) is 47.5 Å². The van der Waals surface area contributed by atoms with Crippen LogP contribution in [0.15, 0.2) is 0 Å². The summed E-state index contributed by atoms with van der Waals surface area (Å²) in [6, 6.07) is 0. The lowest BCUT2D eigenvalue weighted by atomic mass is 9.67. The summed E-state index contributed by atoms with van der Waals surface area (Å²) >= 11 is 0. The van der Waals surface area contributed by atoms with Crippen molar-refractivity contribution in [3.05, 3.63) is 5.53 Å². The van der Waals surface area contributed by atoms with E-state index in [1.807, 2.05) is 13.8 Å². The van der Waals surface area contributed by atoms with Gasteiger partial charge in [0.15, 0.2) is 8.32 Å². The summed E-state index contributed by atoms with van der Waals surface area (Å²) in [6.07, 6.45) is 1.26. The maximum atomic E-state index is 11.8. The van der Waals surface area contributed by atoms with Gasteiger partial charge in [0.1, 0.15) is 0 Å². The second kappa shape index (κ2) is 5.55. The number of hydrogen-bond donors (Lipinski definition) is 0. The Balaban J connectivity index is 2.84. The van der Waals surface area contributed by atoms with E-state index in [-0.39, 0.29) is 16.7 Å². The van der Waals surface area contributed by atoms with E-state index in [0.717, 1.165) is 6.42 Å². The van der Waals surface area contributed by atoms with Crippen LogP contribution >= 0.6 is 0 Å². The molecule has 0 radical (unpaired) electrons. The molecule has 1 unspecified atom stereocenters. The molecule has 1 aliphatic rings. The molecular formula is C15H28N2O2Si. The lowest BCUT2D eigenvalue weighted by Crippen LogP contribution is -2.48. The minimum Gasteiger partial charge on any atom is -0.417 e. The predicted octanol–water partition coefficient (Wildman–Crippen LogP) is 3.68. The van der Waals surface area contributed by atoms with Crippen molar-refractivity contribution in [2.45, 2.75) is 65.6 Å². The third-order valence-electron chi connectivity index (χ3n) is 5.17. The number of carbonyl (C=O) groups excluding carboxylic acids is 1. The third-order valence-corrected chi connectivity index (χ3v) is 9.67. The minimum atomic E-state index is -1.79. The van der Waals surface area contributed by atoms with E-state index >= 15 is 0 Å². The van der Waals surface area contributed by atoms with Crippen LogP contribution in [0, 0.1) is 11.3 Å². The number of hydrogen-bond acceptors (Lipinski definition) is 2. The third kappa shape index (κ3) is 3.27. The van der Waals surface area contributed by atoms with Gasteiger partial charge in [0, 0.05) is 13.0 Å². The first-order valence-electron chi connectivity index (χ1n) is 7.33. The van der Waals surface area contributed by atoms with Crippen molar-refractivity contribution >= 4 is 19.8 Å². The van der Waals surface area contributed by atoms with E-state index in [4.69, 9.17) is 9.96 Å². The van der Waals surface area contributed by atoms with E-state index < -0.39 is 13.7 Å². The second-order valence-corrected chi connectivity index (χ2v) is 12.7. The SMILES string of the molecule is CC1(C)C(=[N+]=[N-])C(=O)CCC1CO[Si](C)(C)C(C)(C)C. The van der Waals surface area contributed by atoms with E-state index in [1.165, 1.54) is 0 Å². The van der Waals surface area contributed by atoms with Crippen LogP contribution in [-0.2, 0) is 9.22 Å². The Hall–Kier alpha value is -0.773. The van der Waals surface area contributed by atoms with Crippen molar-refractivity contribution in [3.8, 4) is 0 Å². The zero-order valence-electron chi connectivity index (χ0n) is 13.9. The van der Waals surface area contributed by atoms with Crippen LogP contribution in [0.3, 0.4) is 0 Å². The Morgan fingerprint density at radius 2 is 1.95 bits per heavy atom. The molecule has 0 saturated heterocycles. The highest BCUT2D eigenvalue weighted by molar-refractivity contribution is 6.74. The maximum absolute atomic E-state index is 11.8. The summed E-state index contributed by atoms with van der Waals surface area (Å²) in [7, 11) is -1.79. The molecule has 4 nitrogen and oxygen atoms in total. The molecule has 1 saturated carbocycles. The van der Waals surface area contributed by atoms with E-state index in [2.05, 4.69) is 38.7 Å². The van der Waals surface area contributed by atoms with Gasteiger partial charge in [-0.1, -0.05) is 20.8 Å². The fourth-order valence-electron chi connectivity index (χ4n) is 2.34. The molecule has 1 fully saturated rings. The average Bonchev–Trinajstić information content (AvgIpc) is 2.26. The highest BCUT2D eigenvalue weighted by Crippen LogP contribution is 2.40. The lowest BCUT2D eigenvalue weighted by molar-refractivity contribution is -0.122. The Bertz CT molecular complexity index is 443. The fourth-order valence-corrected chi connectivity index (χ4v) is 3.39. The quantitative estimate of drug-likeness (QED) is 0.453. The van der Waals surface area contributed by atoms with Gasteiger partial charge in [0.25, 0.3) is 0 Å². The molecule has 1 atom stereocenters. The Kier molecular flexibility index (Phi) is 4.79. The maximum Gasteiger partial charge on any atom is 0.340 e. The smallest absolute Gasteiger partial charge is 0.340 e. The molecule has 0 aromatic carbocycles. The van der Waals surface area contributed by atoms with Gasteiger partial charge in [-0.3, -0.25) is 4.79 Å². The second-order valence-electron chi connectivity index (χ2n) is 7.90. The first kappa shape index (κ1) is 17.3. The molecule has 0 amide bonds. The Morgan fingerprint density at radius 3 is 2.40 bits per heavy atom. The van der Waals surface area contributed by atoms with Crippen LogP contribution in [0.4, 0.5) is 0 Å². The van der Waals surface area contributed by atoms with Gasteiger partial charge in [-0.2, -0.15) is 4.79 Å². The topological polar surface area (TPSA) is 62.7 Å². The molecule has 5 heteroatoms. The van der Waals surface area contributed by atoms with Gasteiger partial charge in [0.05, 0.1) is 5.41 Å². The van der Waals surface area contributed by atoms with Crippen molar-refractivity contribution in [2.75, 3.05) is 6.61 Å². The lowest BCUT2D eigenvalue weighted by Gasteiger charge is -2.40. The number of rotatable bonds is 3. The standard InChI is InChI=1S/C15H28N2O2Si/c1-14(2,3)20(6,7)19-10-11-8-9-12(18)13(17-16)15(11,4)5/h11H,8-10H2,1-7H3. The monoisotopic (exact) mass is 296 g/mol. The largest absolute Gasteiger partial charge is 0.417 e. The van der Waals surface area contributed by atoms with Gasteiger partial charge in [-0.25, -0.2) is 0 Å². The average molecular weight is 296 g/mol. The van der Waals surface area contributed by atoms with Gasteiger partial charge < -0.3 is 9.96 Å². The van der Waals surface area contributed by atoms with Gasteiger partial charge >= 0.3 is 5.71 Å². The van der Waals surface area contributed by atoms with Crippen LogP contribution in [0.2, 0.25) is 18.1 Å². The number of nitrogens with zero attached hydrogens (tertiary/aromatic N) is 2. The summed E-state index contributed by atoms with van der Waals surface area (Å²) in [4.78, 5) is 15.1. The van der Waals surface area contributed by atoms with Crippen molar-refractivity contribution in [2.24, 2.45) is 11.3 Å². The number of Topliss-reactive ketones (excluding diaryl/α,β-unsaturated/α-hetero) is 1. The molecule has 0 aromatic heterocycles. The summed E-state index contributed by atoms with van der Waals surface area (Å²) in [5, 5.41) is 0.176. The fraction of sp³-hybridized carbons (Fsp3) is 0.867. The summed E-state index contributed by atoms with van der Waals surface area (Å²) < 4.78 is 6.29. The van der Waals surface area contributed by atoms with E-state index in [9.17, 15) is 4.79 Å². The zero-order valence-corrected chi connectivity index (χ0v) is 14.9. The van der Waals surface area contributed by atoms with Crippen molar-refractivity contribution in [1.29, 1.82) is 0 Å². The molecule has 0 N–H and O–H groups in total. The number of ketones is 1. The highest BCUT2D eigenvalue weighted by atomic mass is 28.4. The van der Waals surface area contributed by atoms with E-state index in [0.29, 0.717) is 18.7 Å². The predicted molar refractivity (Wildman–Crippen MR) is 83.3 cm³/mol. The zero-order chi connectivity index (χ0) is 15.8. The molecule has 0 spiro atoms. The highest BCUT2D eigenvalue weighted by Gasteiger charge is 2.49. The van der Waals surface area contributed by atoms with Crippen LogP contribution in [0.25, 0.3) is 5.53 Å². The van der Waals surface area contributed by atoms with Gasteiger partial charge in [0.2, 0.25) is 5.78 Å². The number of carbonyl (C=O) groups is 1. The normalized spacial score (nSPS) is 23.6. The molecular weight excluding hydrogens is 268 g/mol. The van der Waals surface area contributed by atoms with Crippen molar-refractivity contribution in [1.82, 2.24) is 0 Å². The summed E-state index contributed by atoms with van der Waals surface area (Å²) in [5.41, 5.74) is 8.98. The Labute approximate surface area is 123 Å². The summed E-state index contributed by atoms with van der Waals surface area (Å²) in [5.74, 6) is 0.182. The van der Waals surface area contributed by atoms with Crippen LogP contribution in [0.5, 0.6) is 0 Å². The van der Waals surface area contributed by atoms with Crippen LogP contribution < -0.4 is 0 Å². The molecule has 0 heterocycles. The van der Waals surface area contributed by atoms with Crippen LogP contribution in [-0.4, -0.2) is 31.2 Å². The first-order valence-corrected chi connectivity index (χ1v) is 10.2. The molecule has 0 aliphatic heterocycles. The minimum absolute atomic E-state index is 0.0407. The molecule has 20 heavy (non-hydrogen) atoms. The molecule has 114 valence electrons. The van der Waals surface area contributed by atoms with Crippen molar-refractivity contribution < 1.29 is 14.0 Å². The molecule has 1 rings (SSSR count). The molecule has 0 aromatic rings. The van der Waals surface area contributed by atoms with Gasteiger partial charge in [-0.15, -0.1) is 0 Å². The Morgan fingerprint density at radius 1 is 1.40 bits per heavy atom. The van der Waals surface area contributed by atoms with E-state index in [1.54, 1.807) is 0 Å². The van der Waals surface area contributed by atoms with Gasteiger partial charge in [-0.05, 0) is 44.3 Å². The molecule has 0 bridgehead atoms. The molecule has 1 aliphatic carbocycles.